The summed E-state index contributed by atoms with van der Waals surface area (Å²) in [6.07, 6.45) is 0. The lowest BCUT2D eigenvalue weighted by molar-refractivity contribution is 0.0624. The molecule has 2 heterocycles. The summed E-state index contributed by atoms with van der Waals surface area (Å²) in [5.41, 5.74) is 2.27. The van der Waals surface area contributed by atoms with Crippen LogP contribution in [0.3, 0.4) is 0 Å². The molecule has 0 bridgehead atoms. The van der Waals surface area contributed by atoms with E-state index in [0.29, 0.717) is 70.2 Å². The molecule has 0 spiro atoms. The lowest BCUT2D eigenvalue weighted by Gasteiger charge is -2.34. The van der Waals surface area contributed by atoms with Crippen LogP contribution < -0.4 is 0 Å². The van der Waals surface area contributed by atoms with Gasteiger partial charge in [0.2, 0.25) is 10.0 Å². The lowest BCUT2D eigenvalue weighted by Crippen LogP contribution is -2.49. The van der Waals surface area contributed by atoms with Gasteiger partial charge in [-0.05, 0) is 31.2 Å². The van der Waals surface area contributed by atoms with E-state index >= 15 is 0 Å². The van der Waals surface area contributed by atoms with Gasteiger partial charge in [-0.15, -0.1) is 0 Å². The first-order valence-electron chi connectivity index (χ1n) is 11.1. The highest BCUT2D eigenvalue weighted by atomic mass is 32.2. The van der Waals surface area contributed by atoms with Crippen molar-refractivity contribution in [3.05, 3.63) is 65.2 Å². The number of Topliss-reactive ketones (excluding diaryl/α,β-unsaturated/α-hetero) is 1. The van der Waals surface area contributed by atoms with Gasteiger partial charge < -0.3 is 9.64 Å². The Morgan fingerprint density at radius 3 is 2.00 bits per heavy atom. The van der Waals surface area contributed by atoms with Gasteiger partial charge in [0, 0.05) is 50.4 Å². The van der Waals surface area contributed by atoms with Crippen molar-refractivity contribution >= 4 is 21.7 Å². The molecule has 2 fully saturated rings. The van der Waals surface area contributed by atoms with Crippen LogP contribution >= 0.6 is 0 Å². The molecule has 0 aliphatic carbocycles. The molecule has 0 radical (unpaired) electrons. The van der Waals surface area contributed by atoms with E-state index in [1.54, 1.807) is 17.0 Å². The van der Waals surface area contributed by atoms with Gasteiger partial charge in [-0.25, -0.2) is 8.42 Å². The number of carbonyl (C=O) groups is 2. The Labute approximate surface area is 194 Å². The van der Waals surface area contributed by atoms with Gasteiger partial charge in [0.15, 0.2) is 5.78 Å². The Bertz CT molecular complexity index is 1090. The molecule has 4 rings (SSSR count). The van der Waals surface area contributed by atoms with Gasteiger partial charge in [0.1, 0.15) is 0 Å². The van der Waals surface area contributed by atoms with Crippen LogP contribution in [0, 0.1) is 6.92 Å². The van der Waals surface area contributed by atoms with Crippen molar-refractivity contribution in [2.45, 2.75) is 11.8 Å². The fourth-order valence-corrected chi connectivity index (χ4v) is 5.44. The number of aryl methyl sites for hydroxylation is 1. The summed E-state index contributed by atoms with van der Waals surface area (Å²) in [6.45, 7) is 6.04. The number of hydrogen-bond donors (Lipinski definition) is 0. The zero-order valence-corrected chi connectivity index (χ0v) is 19.6. The Balaban J connectivity index is 1.32. The molecule has 0 saturated carbocycles. The normalized spacial score (nSPS) is 18.3. The number of morpholine rings is 1. The highest BCUT2D eigenvalue weighted by Gasteiger charge is 2.27. The van der Waals surface area contributed by atoms with Crippen LogP contribution in [0.1, 0.15) is 26.3 Å². The van der Waals surface area contributed by atoms with Crippen LogP contribution in [-0.2, 0) is 14.8 Å². The highest BCUT2D eigenvalue weighted by molar-refractivity contribution is 7.89. The van der Waals surface area contributed by atoms with Crippen molar-refractivity contribution < 1.29 is 22.7 Å². The van der Waals surface area contributed by atoms with Gasteiger partial charge in [0.05, 0.1) is 24.7 Å². The molecular formula is C24H29N3O5S. The zero-order chi connectivity index (χ0) is 23.4. The second-order valence-electron chi connectivity index (χ2n) is 8.40. The van der Waals surface area contributed by atoms with E-state index in [9.17, 15) is 18.0 Å². The largest absolute Gasteiger partial charge is 0.379 e. The number of amides is 1. The number of hydrogen-bond acceptors (Lipinski definition) is 6. The summed E-state index contributed by atoms with van der Waals surface area (Å²) < 4.78 is 32.1. The van der Waals surface area contributed by atoms with E-state index in [4.69, 9.17) is 4.74 Å². The van der Waals surface area contributed by atoms with E-state index < -0.39 is 10.0 Å². The minimum absolute atomic E-state index is 0.0758. The van der Waals surface area contributed by atoms with Gasteiger partial charge in [-0.2, -0.15) is 4.31 Å². The molecule has 2 aliphatic rings. The minimum Gasteiger partial charge on any atom is -0.379 e. The van der Waals surface area contributed by atoms with Gasteiger partial charge >= 0.3 is 0 Å². The third-order valence-electron chi connectivity index (χ3n) is 6.11. The molecule has 0 atom stereocenters. The van der Waals surface area contributed by atoms with Crippen LogP contribution in [0.4, 0.5) is 0 Å². The molecule has 2 aliphatic heterocycles. The van der Waals surface area contributed by atoms with Crippen molar-refractivity contribution in [2.75, 3.05) is 59.0 Å². The second-order valence-corrected chi connectivity index (χ2v) is 10.3. The van der Waals surface area contributed by atoms with E-state index in [1.165, 1.54) is 16.4 Å². The molecule has 33 heavy (non-hydrogen) atoms. The smallest absolute Gasteiger partial charge is 0.253 e. The second kappa shape index (κ2) is 10.1. The maximum absolute atomic E-state index is 12.9. The Morgan fingerprint density at radius 1 is 0.818 bits per heavy atom. The van der Waals surface area contributed by atoms with Gasteiger partial charge in [-0.1, -0.05) is 29.8 Å². The average Bonchev–Trinajstić information content (AvgIpc) is 2.85. The first-order valence-corrected chi connectivity index (χ1v) is 12.6. The zero-order valence-electron chi connectivity index (χ0n) is 18.8. The highest BCUT2D eigenvalue weighted by Crippen LogP contribution is 2.19. The maximum Gasteiger partial charge on any atom is 0.253 e. The SMILES string of the molecule is Cc1ccc(C(=O)CN2CCN(C(=O)c3ccc(S(=O)(=O)N4CCOCC4)cc3)CC2)cc1. The predicted molar refractivity (Wildman–Crippen MR) is 124 cm³/mol. The number of nitrogens with zero attached hydrogens (tertiary/aromatic N) is 3. The summed E-state index contributed by atoms with van der Waals surface area (Å²) in [5, 5.41) is 0. The number of ether oxygens (including phenoxy) is 1. The molecule has 0 unspecified atom stereocenters. The number of carbonyl (C=O) groups excluding carboxylic acids is 2. The van der Waals surface area contributed by atoms with Crippen molar-refractivity contribution in [2.24, 2.45) is 0 Å². The fraction of sp³-hybridized carbons (Fsp3) is 0.417. The van der Waals surface area contributed by atoms with Crippen molar-refractivity contribution in [1.82, 2.24) is 14.1 Å². The Kier molecular flexibility index (Phi) is 7.23. The van der Waals surface area contributed by atoms with Crippen molar-refractivity contribution in [3.63, 3.8) is 0 Å². The van der Waals surface area contributed by atoms with Crippen LogP contribution in [0.15, 0.2) is 53.4 Å². The molecule has 2 aromatic carbocycles. The summed E-state index contributed by atoms with van der Waals surface area (Å²) >= 11 is 0. The fourth-order valence-electron chi connectivity index (χ4n) is 4.03. The minimum atomic E-state index is -3.58. The number of ketones is 1. The predicted octanol–water partition coefficient (Wildman–Crippen LogP) is 1.66. The summed E-state index contributed by atoms with van der Waals surface area (Å²) in [4.78, 5) is 29.4. The molecule has 0 aromatic heterocycles. The Hall–Kier alpha value is -2.59. The molecule has 2 aromatic rings. The van der Waals surface area contributed by atoms with Crippen LogP contribution in [0.5, 0.6) is 0 Å². The van der Waals surface area contributed by atoms with Crippen LogP contribution in [0.25, 0.3) is 0 Å². The van der Waals surface area contributed by atoms with Crippen molar-refractivity contribution in [1.29, 1.82) is 0 Å². The molecule has 2 saturated heterocycles. The maximum atomic E-state index is 12.9. The van der Waals surface area contributed by atoms with Gasteiger partial charge in [0.25, 0.3) is 5.91 Å². The number of benzene rings is 2. The van der Waals surface area contributed by atoms with Crippen LogP contribution in [-0.4, -0.2) is 93.2 Å². The van der Waals surface area contributed by atoms with E-state index in [1.807, 2.05) is 31.2 Å². The van der Waals surface area contributed by atoms with Crippen molar-refractivity contribution in [3.8, 4) is 0 Å². The third kappa shape index (κ3) is 5.50. The summed E-state index contributed by atoms with van der Waals surface area (Å²) in [5.74, 6) is -0.0540. The third-order valence-corrected chi connectivity index (χ3v) is 8.02. The number of piperazine rings is 1. The van der Waals surface area contributed by atoms with Gasteiger partial charge in [-0.3, -0.25) is 14.5 Å². The van der Waals surface area contributed by atoms with E-state index in [0.717, 1.165) is 5.56 Å². The molecular weight excluding hydrogens is 442 g/mol. The van der Waals surface area contributed by atoms with Crippen LogP contribution in [0.2, 0.25) is 0 Å². The summed E-state index contributed by atoms with van der Waals surface area (Å²) in [6, 6.07) is 13.7. The molecule has 1 amide bonds. The molecule has 8 nitrogen and oxygen atoms in total. The first-order chi connectivity index (χ1) is 15.8. The molecule has 9 heteroatoms. The first kappa shape index (κ1) is 23.6. The Morgan fingerprint density at radius 2 is 1.39 bits per heavy atom. The average molecular weight is 472 g/mol. The summed E-state index contributed by atoms with van der Waals surface area (Å²) in [7, 11) is -3.58. The lowest BCUT2D eigenvalue weighted by atomic mass is 10.1. The van der Waals surface area contributed by atoms with E-state index in [2.05, 4.69) is 4.90 Å². The van der Waals surface area contributed by atoms with E-state index in [-0.39, 0.29) is 16.6 Å². The molecule has 176 valence electrons. The quantitative estimate of drug-likeness (QED) is 0.596. The number of rotatable bonds is 6. The monoisotopic (exact) mass is 471 g/mol. The topological polar surface area (TPSA) is 87.2 Å². The standard InChI is InChI=1S/C24H29N3O5S/c1-19-2-4-20(5-3-19)23(28)18-25-10-12-26(13-11-25)24(29)21-6-8-22(9-7-21)33(30,31)27-14-16-32-17-15-27/h2-9H,10-18H2,1H3. The molecule has 0 N–H and O–H groups in total. The number of sulfonamides is 1.